The number of aromatic nitrogens is 2. The third-order valence-electron chi connectivity index (χ3n) is 5.20. The van der Waals surface area contributed by atoms with Crippen molar-refractivity contribution in [2.45, 2.75) is 44.8 Å². The minimum atomic E-state index is 0.00363. The molecule has 0 fully saturated rings. The fourth-order valence-corrected chi connectivity index (χ4v) is 5.29. The van der Waals surface area contributed by atoms with E-state index in [0.29, 0.717) is 22.3 Å². The van der Waals surface area contributed by atoms with Gasteiger partial charge in [-0.1, -0.05) is 43.8 Å². The Morgan fingerprint density at radius 1 is 1.28 bits per heavy atom. The van der Waals surface area contributed by atoms with Gasteiger partial charge in [-0.15, -0.1) is 11.3 Å². The SMILES string of the molecule is CC(C)CCn1c(SCC(=O)N2CCCc3ccccc32)nc2ccsc2c1=O. The zero-order valence-electron chi connectivity index (χ0n) is 16.8. The van der Waals surface area contributed by atoms with E-state index in [9.17, 15) is 9.59 Å². The number of anilines is 1. The van der Waals surface area contributed by atoms with Crippen LogP contribution >= 0.6 is 23.1 Å². The first kappa shape index (κ1) is 20.2. The van der Waals surface area contributed by atoms with E-state index >= 15 is 0 Å². The molecule has 0 spiro atoms. The third-order valence-corrected chi connectivity index (χ3v) is 7.05. The van der Waals surface area contributed by atoms with Crippen molar-refractivity contribution in [2.75, 3.05) is 17.2 Å². The maximum absolute atomic E-state index is 13.0. The minimum Gasteiger partial charge on any atom is -0.311 e. The molecule has 29 heavy (non-hydrogen) atoms. The lowest BCUT2D eigenvalue weighted by molar-refractivity contribution is -0.116. The number of nitrogens with zero attached hydrogens (tertiary/aromatic N) is 3. The molecule has 0 saturated carbocycles. The highest BCUT2D eigenvalue weighted by Gasteiger charge is 2.23. The average Bonchev–Trinajstić information content (AvgIpc) is 3.19. The summed E-state index contributed by atoms with van der Waals surface area (Å²) in [5.41, 5.74) is 2.97. The molecule has 0 unspecified atom stereocenters. The molecule has 0 atom stereocenters. The second-order valence-corrected chi connectivity index (χ2v) is 9.59. The van der Waals surface area contributed by atoms with Crippen molar-refractivity contribution in [3.05, 3.63) is 51.6 Å². The number of rotatable bonds is 6. The van der Waals surface area contributed by atoms with Gasteiger partial charge in [-0.2, -0.15) is 0 Å². The molecule has 0 aliphatic carbocycles. The summed E-state index contributed by atoms with van der Waals surface area (Å²) in [6, 6.07) is 9.99. The highest BCUT2D eigenvalue weighted by atomic mass is 32.2. The molecule has 0 N–H and O–H groups in total. The molecule has 4 rings (SSSR count). The molecule has 5 nitrogen and oxygen atoms in total. The molecule has 0 bridgehead atoms. The van der Waals surface area contributed by atoms with Gasteiger partial charge in [0.25, 0.3) is 5.56 Å². The van der Waals surface area contributed by atoms with Crippen LogP contribution in [0.2, 0.25) is 0 Å². The number of carbonyl (C=O) groups is 1. The molecule has 2 aromatic heterocycles. The van der Waals surface area contributed by atoms with Crippen molar-refractivity contribution in [1.29, 1.82) is 0 Å². The van der Waals surface area contributed by atoms with E-state index in [4.69, 9.17) is 4.98 Å². The molecular weight excluding hydrogens is 402 g/mol. The quantitative estimate of drug-likeness (QED) is 0.427. The Labute approximate surface area is 178 Å². The first-order valence-electron chi connectivity index (χ1n) is 10.0. The van der Waals surface area contributed by atoms with Crippen molar-refractivity contribution >= 4 is 44.9 Å². The smallest absolute Gasteiger partial charge is 0.272 e. The van der Waals surface area contributed by atoms with Crippen molar-refractivity contribution in [3.8, 4) is 0 Å². The number of hydrogen-bond donors (Lipinski definition) is 0. The summed E-state index contributed by atoms with van der Waals surface area (Å²) in [7, 11) is 0. The maximum atomic E-state index is 13.0. The van der Waals surface area contributed by atoms with E-state index in [1.807, 2.05) is 34.5 Å². The van der Waals surface area contributed by atoms with Gasteiger partial charge in [0.05, 0.1) is 11.3 Å². The van der Waals surface area contributed by atoms with Gasteiger partial charge < -0.3 is 4.90 Å². The molecule has 0 saturated heterocycles. The van der Waals surface area contributed by atoms with E-state index in [0.717, 1.165) is 37.0 Å². The summed E-state index contributed by atoms with van der Waals surface area (Å²) in [6.07, 6.45) is 2.89. The van der Waals surface area contributed by atoms with Crippen LogP contribution in [0.1, 0.15) is 32.3 Å². The lowest BCUT2D eigenvalue weighted by Gasteiger charge is -2.29. The van der Waals surface area contributed by atoms with Gasteiger partial charge in [0.2, 0.25) is 5.91 Å². The molecule has 1 aliphatic heterocycles. The predicted molar refractivity (Wildman–Crippen MR) is 121 cm³/mol. The van der Waals surface area contributed by atoms with Gasteiger partial charge in [-0.05, 0) is 48.3 Å². The highest BCUT2D eigenvalue weighted by molar-refractivity contribution is 7.99. The Hall–Kier alpha value is -2.12. The number of benzene rings is 1. The van der Waals surface area contributed by atoms with Crippen LogP contribution in [0.15, 0.2) is 45.7 Å². The second kappa shape index (κ2) is 8.71. The van der Waals surface area contributed by atoms with Gasteiger partial charge in [-0.25, -0.2) is 4.98 Å². The van der Waals surface area contributed by atoms with Crippen molar-refractivity contribution < 1.29 is 4.79 Å². The topological polar surface area (TPSA) is 55.2 Å². The largest absolute Gasteiger partial charge is 0.311 e. The number of thioether (sulfide) groups is 1. The van der Waals surface area contributed by atoms with Crippen LogP contribution in [-0.4, -0.2) is 27.8 Å². The summed E-state index contributed by atoms with van der Waals surface area (Å²) in [5, 5.41) is 2.54. The monoisotopic (exact) mass is 427 g/mol. The van der Waals surface area contributed by atoms with Crippen LogP contribution in [0.5, 0.6) is 0 Å². The van der Waals surface area contributed by atoms with E-state index in [2.05, 4.69) is 19.9 Å². The highest BCUT2D eigenvalue weighted by Crippen LogP contribution is 2.28. The lowest BCUT2D eigenvalue weighted by atomic mass is 10.0. The van der Waals surface area contributed by atoms with Crippen molar-refractivity contribution in [2.24, 2.45) is 5.92 Å². The molecule has 1 aliphatic rings. The van der Waals surface area contributed by atoms with Crippen molar-refractivity contribution in [1.82, 2.24) is 9.55 Å². The van der Waals surface area contributed by atoms with Gasteiger partial charge in [0.15, 0.2) is 5.16 Å². The maximum Gasteiger partial charge on any atom is 0.272 e. The summed E-state index contributed by atoms with van der Waals surface area (Å²) < 4.78 is 2.44. The fourth-order valence-electron chi connectivity index (χ4n) is 3.61. The average molecular weight is 428 g/mol. The van der Waals surface area contributed by atoms with Gasteiger partial charge in [-0.3, -0.25) is 14.2 Å². The third kappa shape index (κ3) is 4.26. The summed E-state index contributed by atoms with van der Waals surface area (Å²) in [6.45, 7) is 5.66. The van der Waals surface area contributed by atoms with Crippen LogP contribution < -0.4 is 10.5 Å². The van der Waals surface area contributed by atoms with E-state index in [-0.39, 0.29) is 17.2 Å². The van der Waals surface area contributed by atoms with E-state index in [1.54, 1.807) is 4.57 Å². The number of aryl methyl sites for hydroxylation is 1. The first-order valence-corrected chi connectivity index (χ1v) is 11.9. The molecular formula is C22H25N3O2S2. The normalized spacial score (nSPS) is 13.8. The molecule has 7 heteroatoms. The molecule has 1 aromatic carbocycles. The molecule has 0 radical (unpaired) electrons. The Kier molecular flexibility index (Phi) is 6.06. The first-order chi connectivity index (χ1) is 14.0. The number of amides is 1. The number of fused-ring (bicyclic) bond motifs is 2. The number of hydrogen-bond acceptors (Lipinski definition) is 5. The Balaban J connectivity index is 1.57. The number of carbonyl (C=O) groups excluding carboxylic acids is 1. The molecule has 3 heterocycles. The second-order valence-electron chi connectivity index (χ2n) is 7.73. The van der Waals surface area contributed by atoms with Crippen LogP contribution in [0.25, 0.3) is 10.2 Å². The zero-order valence-corrected chi connectivity index (χ0v) is 18.4. The van der Waals surface area contributed by atoms with Crippen LogP contribution in [0.3, 0.4) is 0 Å². The number of thiophene rings is 1. The van der Waals surface area contributed by atoms with Crippen molar-refractivity contribution in [3.63, 3.8) is 0 Å². The van der Waals surface area contributed by atoms with E-state index in [1.165, 1.54) is 28.7 Å². The number of para-hydroxylation sites is 1. The summed E-state index contributed by atoms with van der Waals surface area (Å²) in [5.74, 6) is 0.834. The fraction of sp³-hybridized carbons (Fsp3) is 0.409. The van der Waals surface area contributed by atoms with Gasteiger partial charge in [0, 0.05) is 18.8 Å². The van der Waals surface area contributed by atoms with Gasteiger partial charge >= 0.3 is 0 Å². The van der Waals surface area contributed by atoms with Crippen LogP contribution in [0.4, 0.5) is 5.69 Å². The Morgan fingerprint density at radius 3 is 2.93 bits per heavy atom. The summed E-state index contributed by atoms with van der Waals surface area (Å²) in [4.78, 5) is 32.5. The van der Waals surface area contributed by atoms with Gasteiger partial charge in [0.1, 0.15) is 4.70 Å². The Morgan fingerprint density at radius 2 is 2.10 bits per heavy atom. The minimum absolute atomic E-state index is 0.00363. The Bertz CT molecular complexity index is 1090. The zero-order chi connectivity index (χ0) is 20.4. The summed E-state index contributed by atoms with van der Waals surface area (Å²) >= 11 is 2.80. The van der Waals surface area contributed by atoms with Crippen LogP contribution in [-0.2, 0) is 17.8 Å². The standard InChI is InChI=1S/C22H25N3O2S2/c1-15(2)9-12-25-21(27)20-17(10-13-28-20)23-22(25)29-14-19(26)24-11-5-7-16-6-3-4-8-18(16)24/h3-4,6,8,10,13,15H,5,7,9,11-12,14H2,1-2H3. The molecule has 3 aromatic rings. The molecule has 1 amide bonds. The lowest BCUT2D eigenvalue weighted by Crippen LogP contribution is -2.36. The predicted octanol–water partition coefficient (Wildman–Crippen LogP) is 4.58. The molecule has 152 valence electrons. The van der Waals surface area contributed by atoms with Crippen LogP contribution in [0, 0.1) is 5.92 Å². The van der Waals surface area contributed by atoms with E-state index < -0.39 is 0 Å².